The van der Waals surface area contributed by atoms with Crippen LogP contribution in [0.5, 0.6) is 0 Å². The molecule has 3 rings (SSSR count). The Bertz CT molecular complexity index is 502. The highest BCUT2D eigenvalue weighted by atomic mass is 32.1. The zero-order valence-electron chi connectivity index (χ0n) is 10.3. The van der Waals surface area contributed by atoms with Crippen molar-refractivity contribution < 1.29 is 0 Å². The summed E-state index contributed by atoms with van der Waals surface area (Å²) in [5.74, 6) is 1.69. The topological polar surface area (TPSA) is 12.0 Å². The van der Waals surface area contributed by atoms with Gasteiger partial charge < -0.3 is 5.32 Å². The van der Waals surface area contributed by atoms with E-state index < -0.39 is 0 Å². The minimum atomic E-state index is 0.815. The van der Waals surface area contributed by atoms with Gasteiger partial charge in [-0.05, 0) is 60.2 Å². The summed E-state index contributed by atoms with van der Waals surface area (Å²) in [5, 5.41) is 7.40. The molecule has 17 heavy (non-hydrogen) atoms. The van der Waals surface area contributed by atoms with Gasteiger partial charge in [0.15, 0.2) is 0 Å². The Morgan fingerprint density at radius 2 is 2.24 bits per heavy atom. The molecule has 1 aliphatic rings. The average molecular weight is 245 g/mol. The predicted molar refractivity (Wildman–Crippen MR) is 75.8 cm³/mol. The Labute approximate surface area is 107 Å². The fraction of sp³-hybridized carbons (Fsp3) is 0.467. The lowest BCUT2D eigenvalue weighted by Crippen LogP contribution is -2.17. The van der Waals surface area contributed by atoms with Gasteiger partial charge in [-0.2, -0.15) is 0 Å². The number of nitrogens with one attached hydrogen (secondary N) is 1. The lowest BCUT2D eigenvalue weighted by Gasteiger charge is -2.01. The minimum Gasteiger partial charge on any atom is -0.316 e. The second-order valence-electron chi connectivity index (χ2n) is 4.99. The third-order valence-corrected chi connectivity index (χ3v) is 4.65. The van der Waals surface area contributed by atoms with Crippen molar-refractivity contribution in [2.45, 2.75) is 25.7 Å². The molecule has 2 aromatic rings. The van der Waals surface area contributed by atoms with Crippen molar-refractivity contribution in [3.63, 3.8) is 0 Å². The largest absolute Gasteiger partial charge is 0.316 e. The molecular formula is C15H19NS. The summed E-state index contributed by atoms with van der Waals surface area (Å²) in [6, 6.07) is 8.80. The van der Waals surface area contributed by atoms with E-state index in [1.54, 1.807) is 5.56 Å². The van der Waals surface area contributed by atoms with Crippen LogP contribution in [-0.2, 0) is 0 Å². The van der Waals surface area contributed by atoms with E-state index in [0.29, 0.717) is 0 Å². The van der Waals surface area contributed by atoms with Crippen molar-refractivity contribution in [2.75, 3.05) is 13.1 Å². The molecular weight excluding hydrogens is 226 g/mol. The van der Waals surface area contributed by atoms with Gasteiger partial charge in [0.2, 0.25) is 0 Å². The summed E-state index contributed by atoms with van der Waals surface area (Å²) in [4.78, 5) is 0. The summed E-state index contributed by atoms with van der Waals surface area (Å²) in [5.41, 5.74) is 1.59. The van der Waals surface area contributed by atoms with Gasteiger partial charge in [0.05, 0.1) is 0 Å². The zero-order valence-corrected chi connectivity index (χ0v) is 11.1. The molecule has 0 saturated heterocycles. The predicted octanol–water partition coefficient (Wildman–Crippen LogP) is 4.00. The molecule has 0 aliphatic heterocycles. The molecule has 1 nitrogen and oxygen atoms in total. The number of hydrogen-bond acceptors (Lipinski definition) is 2. The van der Waals surface area contributed by atoms with Gasteiger partial charge in [-0.3, -0.25) is 0 Å². The summed E-state index contributed by atoms with van der Waals surface area (Å²) < 4.78 is 1.44. The van der Waals surface area contributed by atoms with Gasteiger partial charge in [0.25, 0.3) is 0 Å². The molecule has 2 unspecified atom stereocenters. The lowest BCUT2D eigenvalue weighted by atomic mass is 10.1. The van der Waals surface area contributed by atoms with E-state index in [2.05, 4.69) is 41.9 Å². The van der Waals surface area contributed by atoms with Crippen LogP contribution in [0.25, 0.3) is 10.1 Å². The normalized spacial score (nSPS) is 23.1. The van der Waals surface area contributed by atoms with Crippen LogP contribution in [0.4, 0.5) is 0 Å². The van der Waals surface area contributed by atoms with Crippen LogP contribution >= 0.6 is 11.3 Å². The SMILES string of the molecule is CCCNCC1CC1c1csc2ccccc12. The van der Waals surface area contributed by atoms with Gasteiger partial charge in [-0.1, -0.05) is 25.1 Å². The van der Waals surface area contributed by atoms with E-state index in [-0.39, 0.29) is 0 Å². The van der Waals surface area contributed by atoms with Crippen LogP contribution < -0.4 is 5.32 Å². The summed E-state index contributed by atoms with van der Waals surface area (Å²) in [7, 11) is 0. The lowest BCUT2D eigenvalue weighted by molar-refractivity contribution is 0.620. The summed E-state index contributed by atoms with van der Waals surface area (Å²) >= 11 is 1.89. The molecule has 1 saturated carbocycles. The maximum Gasteiger partial charge on any atom is 0.0345 e. The monoisotopic (exact) mass is 245 g/mol. The molecule has 0 spiro atoms. The highest BCUT2D eigenvalue weighted by Crippen LogP contribution is 2.50. The van der Waals surface area contributed by atoms with Gasteiger partial charge in [0, 0.05) is 4.70 Å². The molecule has 1 heterocycles. The number of benzene rings is 1. The molecule has 1 N–H and O–H groups in total. The number of fused-ring (bicyclic) bond motifs is 1. The van der Waals surface area contributed by atoms with Crippen LogP contribution in [0, 0.1) is 5.92 Å². The van der Waals surface area contributed by atoms with Crippen molar-refractivity contribution >= 4 is 21.4 Å². The van der Waals surface area contributed by atoms with Gasteiger partial charge in [0.1, 0.15) is 0 Å². The minimum absolute atomic E-state index is 0.815. The second kappa shape index (κ2) is 4.79. The molecule has 2 heteroatoms. The Balaban J connectivity index is 1.70. The first-order chi connectivity index (χ1) is 8.40. The number of rotatable bonds is 5. The highest BCUT2D eigenvalue weighted by Gasteiger charge is 2.38. The standard InChI is InChI=1S/C15H19NS/c1-2-7-16-9-11-8-13(11)14-10-17-15-6-4-3-5-12(14)15/h3-6,10-11,13,16H,2,7-9H2,1H3. The van der Waals surface area contributed by atoms with Crippen LogP contribution in [-0.4, -0.2) is 13.1 Å². The van der Waals surface area contributed by atoms with Crippen molar-refractivity contribution in [3.8, 4) is 0 Å². The fourth-order valence-electron chi connectivity index (χ4n) is 2.60. The number of thiophene rings is 1. The van der Waals surface area contributed by atoms with Crippen molar-refractivity contribution in [2.24, 2.45) is 5.92 Å². The van der Waals surface area contributed by atoms with Gasteiger partial charge in [-0.25, -0.2) is 0 Å². The fourth-order valence-corrected chi connectivity index (χ4v) is 3.63. The molecule has 0 bridgehead atoms. The molecule has 1 fully saturated rings. The summed E-state index contributed by atoms with van der Waals surface area (Å²) in [6.07, 6.45) is 2.61. The average Bonchev–Trinajstić information content (AvgIpc) is 3.00. The van der Waals surface area contributed by atoms with E-state index in [1.807, 2.05) is 11.3 Å². The van der Waals surface area contributed by atoms with E-state index in [1.165, 1.54) is 29.5 Å². The number of hydrogen-bond donors (Lipinski definition) is 1. The van der Waals surface area contributed by atoms with Crippen molar-refractivity contribution in [1.82, 2.24) is 5.32 Å². The Kier molecular flexibility index (Phi) is 3.17. The Morgan fingerprint density at radius 1 is 1.35 bits per heavy atom. The van der Waals surface area contributed by atoms with Gasteiger partial charge >= 0.3 is 0 Å². The maximum absolute atomic E-state index is 3.54. The molecule has 90 valence electrons. The third-order valence-electron chi connectivity index (χ3n) is 3.67. The maximum atomic E-state index is 3.54. The Morgan fingerprint density at radius 3 is 3.12 bits per heavy atom. The van der Waals surface area contributed by atoms with E-state index in [4.69, 9.17) is 0 Å². The molecule has 1 aromatic carbocycles. The van der Waals surface area contributed by atoms with Gasteiger partial charge in [-0.15, -0.1) is 11.3 Å². The quantitative estimate of drug-likeness (QED) is 0.785. The second-order valence-corrected chi connectivity index (χ2v) is 5.90. The van der Waals surface area contributed by atoms with Crippen LogP contribution in [0.3, 0.4) is 0 Å². The van der Waals surface area contributed by atoms with Crippen LogP contribution in [0.2, 0.25) is 0 Å². The first-order valence-electron chi connectivity index (χ1n) is 6.57. The smallest absolute Gasteiger partial charge is 0.0345 e. The van der Waals surface area contributed by atoms with Crippen LogP contribution in [0.1, 0.15) is 31.2 Å². The first-order valence-corrected chi connectivity index (χ1v) is 7.45. The van der Waals surface area contributed by atoms with E-state index >= 15 is 0 Å². The van der Waals surface area contributed by atoms with Crippen molar-refractivity contribution in [1.29, 1.82) is 0 Å². The molecule has 0 radical (unpaired) electrons. The first kappa shape index (κ1) is 11.2. The van der Waals surface area contributed by atoms with E-state index in [9.17, 15) is 0 Å². The third kappa shape index (κ3) is 2.24. The zero-order chi connectivity index (χ0) is 11.7. The van der Waals surface area contributed by atoms with Crippen LogP contribution in [0.15, 0.2) is 29.6 Å². The molecule has 1 aliphatic carbocycles. The molecule has 1 aromatic heterocycles. The highest BCUT2D eigenvalue weighted by molar-refractivity contribution is 7.17. The van der Waals surface area contributed by atoms with Crippen molar-refractivity contribution in [3.05, 3.63) is 35.2 Å². The Hall–Kier alpha value is -0.860. The molecule has 0 amide bonds. The summed E-state index contributed by atoms with van der Waals surface area (Å²) in [6.45, 7) is 4.58. The molecule has 2 atom stereocenters. The van der Waals surface area contributed by atoms with E-state index in [0.717, 1.165) is 18.4 Å².